The van der Waals surface area contributed by atoms with Crippen molar-refractivity contribution in [1.82, 2.24) is 4.90 Å². The number of anilines is 1. The van der Waals surface area contributed by atoms with Crippen LogP contribution in [-0.2, 0) is 11.0 Å². The Morgan fingerprint density at radius 2 is 1.96 bits per heavy atom. The van der Waals surface area contributed by atoms with Gasteiger partial charge in [0.05, 0.1) is 17.1 Å². The quantitative estimate of drug-likeness (QED) is 0.838. The Morgan fingerprint density at radius 1 is 1.26 bits per heavy atom. The number of rotatable bonds is 6. The summed E-state index contributed by atoms with van der Waals surface area (Å²) in [4.78, 5) is 14.3. The van der Waals surface area contributed by atoms with Gasteiger partial charge in [-0.05, 0) is 49.8 Å². The molecule has 0 radical (unpaired) electrons. The van der Waals surface area contributed by atoms with Crippen molar-refractivity contribution in [3.05, 3.63) is 28.8 Å². The second-order valence-electron chi connectivity index (χ2n) is 6.34. The van der Waals surface area contributed by atoms with Gasteiger partial charge in [0.1, 0.15) is 0 Å². The van der Waals surface area contributed by atoms with Crippen molar-refractivity contribution >= 4 is 23.2 Å². The van der Waals surface area contributed by atoms with Crippen molar-refractivity contribution < 1.29 is 18.0 Å². The minimum Gasteiger partial charge on any atom is -0.325 e. The Labute approximate surface area is 137 Å². The third kappa shape index (κ3) is 4.61. The molecule has 1 N–H and O–H groups in total. The predicted molar refractivity (Wildman–Crippen MR) is 82.4 cm³/mol. The highest BCUT2D eigenvalue weighted by Gasteiger charge is 2.35. The molecule has 0 aliphatic heterocycles. The molecular formula is C16H18ClF3N2O. The lowest BCUT2D eigenvalue weighted by Crippen LogP contribution is -2.36. The predicted octanol–water partition coefficient (Wildman–Crippen LogP) is 4.17. The molecule has 7 heteroatoms. The molecule has 1 amide bonds. The van der Waals surface area contributed by atoms with Crippen LogP contribution >= 0.6 is 11.6 Å². The number of halogens is 4. The molecule has 1 aromatic rings. The lowest BCUT2D eigenvalue weighted by molar-refractivity contribution is -0.137. The van der Waals surface area contributed by atoms with Gasteiger partial charge in [-0.25, -0.2) is 0 Å². The van der Waals surface area contributed by atoms with Gasteiger partial charge in [-0.2, -0.15) is 13.2 Å². The highest BCUT2D eigenvalue weighted by Crippen LogP contribution is 2.36. The molecule has 126 valence electrons. The van der Waals surface area contributed by atoms with E-state index < -0.39 is 11.7 Å². The molecule has 0 saturated heterocycles. The summed E-state index contributed by atoms with van der Waals surface area (Å²) >= 11 is 5.57. The first kappa shape index (κ1) is 16.6. The minimum atomic E-state index is -4.54. The lowest BCUT2D eigenvalue weighted by Gasteiger charge is -2.21. The summed E-state index contributed by atoms with van der Waals surface area (Å²) in [5, 5.41) is 2.18. The van der Waals surface area contributed by atoms with Crippen LogP contribution < -0.4 is 5.32 Å². The number of nitrogens with one attached hydrogen (secondary N) is 1. The first-order chi connectivity index (χ1) is 10.8. The van der Waals surface area contributed by atoms with Crippen molar-refractivity contribution in [1.29, 1.82) is 0 Å². The molecule has 23 heavy (non-hydrogen) atoms. The number of carbonyl (C=O) groups is 1. The van der Waals surface area contributed by atoms with Gasteiger partial charge in [0.15, 0.2) is 0 Å². The Hall–Kier alpha value is -1.27. The molecular weight excluding hydrogens is 329 g/mol. The molecule has 2 aliphatic rings. The van der Waals surface area contributed by atoms with Crippen LogP contribution in [0.15, 0.2) is 18.2 Å². The van der Waals surface area contributed by atoms with Crippen LogP contribution in [0.4, 0.5) is 18.9 Å². The van der Waals surface area contributed by atoms with Gasteiger partial charge in [0, 0.05) is 18.3 Å². The van der Waals surface area contributed by atoms with E-state index in [1.165, 1.54) is 18.9 Å². The molecule has 0 unspecified atom stereocenters. The third-order valence-electron chi connectivity index (χ3n) is 4.16. The maximum absolute atomic E-state index is 12.8. The molecule has 1 aromatic carbocycles. The molecule has 2 fully saturated rings. The molecule has 2 aliphatic carbocycles. The molecule has 2 saturated carbocycles. The summed E-state index contributed by atoms with van der Waals surface area (Å²) < 4.78 is 38.5. The van der Waals surface area contributed by atoms with Gasteiger partial charge in [-0.3, -0.25) is 9.69 Å². The van der Waals surface area contributed by atoms with Crippen LogP contribution in [0.1, 0.15) is 31.2 Å². The van der Waals surface area contributed by atoms with E-state index in [-0.39, 0.29) is 23.2 Å². The van der Waals surface area contributed by atoms with Crippen molar-refractivity contribution in [2.24, 2.45) is 5.92 Å². The normalized spacial score (nSPS) is 18.3. The number of benzene rings is 1. The highest BCUT2D eigenvalue weighted by molar-refractivity contribution is 6.31. The van der Waals surface area contributed by atoms with E-state index in [1.54, 1.807) is 0 Å². The molecule has 0 bridgehead atoms. The van der Waals surface area contributed by atoms with Gasteiger partial charge >= 0.3 is 6.18 Å². The average Bonchev–Trinajstić information content (AvgIpc) is 3.33. The average molecular weight is 347 g/mol. The SMILES string of the molecule is O=C(CN(CC1CC1)C1CC1)Nc1ccc(Cl)c(C(F)(F)F)c1. The van der Waals surface area contributed by atoms with E-state index in [1.807, 2.05) is 0 Å². The first-order valence-electron chi connectivity index (χ1n) is 7.73. The fourth-order valence-electron chi connectivity index (χ4n) is 2.62. The lowest BCUT2D eigenvalue weighted by atomic mass is 10.2. The fourth-order valence-corrected chi connectivity index (χ4v) is 2.84. The van der Waals surface area contributed by atoms with Gasteiger partial charge in [0.2, 0.25) is 5.91 Å². The van der Waals surface area contributed by atoms with Gasteiger partial charge in [-0.15, -0.1) is 0 Å². The summed E-state index contributed by atoms with van der Waals surface area (Å²) in [7, 11) is 0. The number of amides is 1. The van der Waals surface area contributed by atoms with E-state index in [4.69, 9.17) is 11.6 Å². The van der Waals surface area contributed by atoms with Crippen molar-refractivity contribution in [3.8, 4) is 0 Å². The highest BCUT2D eigenvalue weighted by atomic mass is 35.5. The van der Waals surface area contributed by atoms with E-state index in [0.29, 0.717) is 12.0 Å². The fraction of sp³-hybridized carbons (Fsp3) is 0.562. The second-order valence-corrected chi connectivity index (χ2v) is 6.75. The summed E-state index contributed by atoms with van der Waals surface area (Å²) in [6.07, 6.45) is 0.0656. The summed E-state index contributed by atoms with van der Waals surface area (Å²) in [5.74, 6) is 0.392. The zero-order chi connectivity index (χ0) is 16.6. The Kier molecular flexibility index (Phi) is 4.56. The number of carbonyl (C=O) groups excluding carboxylic acids is 1. The van der Waals surface area contributed by atoms with Crippen LogP contribution in [0.3, 0.4) is 0 Å². The topological polar surface area (TPSA) is 32.3 Å². The standard InChI is InChI=1S/C16H18ClF3N2O/c17-14-6-3-11(7-13(14)16(18,19)20)21-15(23)9-22(12-4-5-12)8-10-1-2-10/h3,6-7,10,12H,1-2,4-5,8-9H2,(H,21,23). The number of nitrogens with zero attached hydrogens (tertiary/aromatic N) is 1. The number of hydrogen-bond acceptors (Lipinski definition) is 2. The van der Waals surface area contributed by atoms with Crippen LogP contribution in [0, 0.1) is 5.92 Å². The van der Waals surface area contributed by atoms with E-state index >= 15 is 0 Å². The largest absolute Gasteiger partial charge is 0.417 e. The number of alkyl halides is 3. The summed E-state index contributed by atoms with van der Waals surface area (Å²) in [6.45, 7) is 1.14. The van der Waals surface area contributed by atoms with Gasteiger partial charge in [0.25, 0.3) is 0 Å². The Bertz CT molecular complexity index is 597. The first-order valence-corrected chi connectivity index (χ1v) is 8.11. The second kappa shape index (κ2) is 6.32. The van der Waals surface area contributed by atoms with E-state index in [2.05, 4.69) is 10.2 Å². The molecule has 0 atom stereocenters. The maximum Gasteiger partial charge on any atom is 0.417 e. The van der Waals surface area contributed by atoms with E-state index in [0.717, 1.165) is 31.5 Å². The smallest absolute Gasteiger partial charge is 0.325 e. The van der Waals surface area contributed by atoms with Gasteiger partial charge in [-0.1, -0.05) is 11.6 Å². The van der Waals surface area contributed by atoms with Crippen molar-refractivity contribution in [3.63, 3.8) is 0 Å². The molecule has 3 rings (SSSR count). The molecule has 3 nitrogen and oxygen atoms in total. The zero-order valence-corrected chi connectivity index (χ0v) is 13.3. The Balaban J connectivity index is 1.62. The van der Waals surface area contributed by atoms with E-state index in [9.17, 15) is 18.0 Å². The van der Waals surface area contributed by atoms with Crippen molar-refractivity contribution in [2.75, 3.05) is 18.4 Å². The van der Waals surface area contributed by atoms with Crippen LogP contribution in [-0.4, -0.2) is 29.9 Å². The van der Waals surface area contributed by atoms with Crippen LogP contribution in [0.2, 0.25) is 5.02 Å². The van der Waals surface area contributed by atoms with Crippen molar-refractivity contribution in [2.45, 2.75) is 37.9 Å². The third-order valence-corrected chi connectivity index (χ3v) is 4.48. The van der Waals surface area contributed by atoms with Crippen LogP contribution in [0.25, 0.3) is 0 Å². The zero-order valence-electron chi connectivity index (χ0n) is 12.5. The van der Waals surface area contributed by atoms with Gasteiger partial charge < -0.3 is 5.32 Å². The molecule has 0 aromatic heterocycles. The summed E-state index contributed by atoms with van der Waals surface area (Å²) in [6, 6.07) is 3.88. The monoisotopic (exact) mass is 346 g/mol. The number of hydrogen-bond donors (Lipinski definition) is 1. The molecule has 0 heterocycles. The summed E-state index contributed by atoms with van der Waals surface area (Å²) in [5.41, 5.74) is -0.817. The maximum atomic E-state index is 12.8. The molecule has 0 spiro atoms. The Morgan fingerprint density at radius 3 is 2.52 bits per heavy atom. The minimum absolute atomic E-state index is 0.119. The van der Waals surface area contributed by atoms with Crippen LogP contribution in [0.5, 0.6) is 0 Å².